The molecule has 0 saturated heterocycles. The van der Waals surface area contributed by atoms with E-state index < -0.39 is 0 Å². The van der Waals surface area contributed by atoms with Crippen molar-refractivity contribution in [3.8, 4) is 0 Å². The molecule has 0 spiro atoms. The number of carbonyl (C=O) groups excluding carboxylic acids is 2. The topological polar surface area (TPSA) is 47.1 Å². The van der Waals surface area contributed by atoms with E-state index in [0.717, 1.165) is 80.7 Å². The van der Waals surface area contributed by atoms with Crippen LogP contribution in [0.4, 0.5) is 5.69 Å². The predicted molar refractivity (Wildman–Crippen MR) is 211 cm³/mol. The molecule has 3 aliphatic rings. The minimum absolute atomic E-state index is 0.00174. The number of benzene rings is 1. The summed E-state index contributed by atoms with van der Waals surface area (Å²) in [6.45, 7) is 26.1. The summed E-state index contributed by atoms with van der Waals surface area (Å²) in [4.78, 5) is 36.6. The summed E-state index contributed by atoms with van der Waals surface area (Å²) >= 11 is 0. The molecule has 0 aromatic heterocycles. The molecule has 1 aliphatic carbocycles. The SMILES string of the molecule is CN(CCCCCCN(C)c1ccc(C(=O)C2=CN(C(C)(C)C)CCC2(C)C)cc1)C1=CCC(C(=O)C2=CN(C(C)(C)C)CCC2(C)C)C=C1. The van der Waals surface area contributed by atoms with Gasteiger partial charge in [0.05, 0.1) is 0 Å². The van der Waals surface area contributed by atoms with Crippen molar-refractivity contribution in [2.75, 3.05) is 45.2 Å². The lowest BCUT2D eigenvalue weighted by Gasteiger charge is -2.44. The molecule has 6 heteroatoms. The fourth-order valence-corrected chi connectivity index (χ4v) is 7.30. The van der Waals surface area contributed by atoms with Crippen LogP contribution in [0.1, 0.15) is 125 Å². The Balaban J connectivity index is 1.19. The minimum atomic E-state index is -0.129. The van der Waals surface area contributed by atoms with Gasteiger partial charge in [0.15, 0.2) is 11.6 Å². The summed E-state index contributed by atoms with van der Waals surface area (Å²) in [5, 5.41) is 0. The van der Waals surface area contributed by atoms with Crippen LogP contribution in [0, 0.1) is 16.7 Å². The monoisotopic (exact) mass is 685 g/mol. The standard InChI is InChI=1S/C44H68N4O2/c1-41(2,3)47-29-25-43(7,8)37(31-47)39(49)33-17-21-35(22-18-33)45(11)27-15-13-14-16-28-46(12)36-23-19-34(20-24-36)40(50)38-32-48(42(4,5)6)30-26-44(38,9)10/h17-19,21-24,31-32,34H,13-16,20,25-30H2,1-12H3. The number of Topliss-reactive ketones (excluding diaryl/α,β-unsaturated/α-hetero) is 2. The van der Waals surface area contributed by atoms with E-state index in [9.17, 15) is 9.59 Å². The zero-order chi connectivity index (χ0) is 37.1. The molecule has 4 rings (SSSR count). The number of nitrogens with zero attached hydrogens (tertiary/aromatic N) is 4. The van der Waals surface area contributed by atoms with Crippen LogP contribution in [0.25, 0.3) is 0 Å². The molecule has 276 valence electrons. The van der Waals surface area contributed by atoms with Crippen LogP contribution in [0.15, 0.2) is 71.7 Å². The third-order valence-electron chi connectivity index (χ3n) is 11.4. The van der Waals surface area contributed by atoms with Gasteiger partial charge >= 0.3 is 0 Å². The molecule has 50 heavy (non-hydrogen) atoms. The second-order valence-electron chi connectivity index (χ2n) is 18.4. The van der Waals surface area contributed by atoms with E-state index in [1.165, 1.54) is 18.5 Å². The molecule has 1 aromatic carbocycles. The zero-order valence-electron chi connectivity index (χ0n) is 33.7. The average molecular weight is 685 g/mol. The highest BCUT2D eigenvalue weighted by atomic mass is 16.1. The molecule has 0 amide bonds. The fourth-order valence-electron chi connectivity index (χ4n) is 7.30. The fraction of sp³-hybridized carbons (Fsp3) is 0.636. The van der Waals surface area contributed by atoms with Gasteiger partial charge in [0, 0.05) is 97.8 Å². The van der Waals surface area contributed by atoms with Gasteiger partial charge in [-0.15, -0.1) is 0 Å². The zero-order valence-corrected chi connectivity index (χ0v) is 33.7. The van der Waals surface area contributed by atoms with Gasteiger partial charge in [0.25, 0.3) is 0 Å². The second-order valence-corrected chi connectivity index (χ2v) is 18.4. The average Bonchev–Trinajstić information content (AvgIpc) is 3.04. The number of hydrogen-bond donors (Lipinski definition) is 0. The summed E-state index contributed by atoms with van der Waals surface area (Å²) < 4.78 is 0. The Morgan fingerprint density at radius 3 is 1.74 bits per heavy atom. The third kappa shape index (κ3) is 9.73. The number of ketones is 2. The first-order chi connectivity index (χ1) is 23.2. The number of carbonyl (C=O) groups is 2. The Bertz CT molecular complexity index is 1480. The maximum Gasteiger partial charge on any atom is 0.191 e. The van der Waals surface area contributed by atoms with Crippen molar-refractivity contribution in [3.05, 3.63) is 77.3 Å². The van der Waals surface area contributed by atoms with Gasteiger partial charge in [0.2, 0.25) is 0 Å². The van der Waals surface area contributed by atoms with Gasteiger partial charge in [-0.3, -0.25) is 9.59 Å². The Morgan fingerprint density at radius 2 is 1.24 bits per heavy atom. The molecular weight excluding hydrogens is 617 g/mol. The Kier molecular flexibility index (Phi) is 12.3. The van der Waals surface area contributed by atoms with Gasteiger partial charge in [-0.2, -0.15) is 0 Å². The molecule has 2 heterocycles. The van der Waals surface area contributed by atoms with Gasteiger partial charge < -0.3 is 19.6 Å². The molecule has 0 N–H and O–H groups in total. The van der Waals surface area contributed by atoms with Crippen molar-refractivity contribution in [2.45, 2.75) is 125 Å². The van der Waals surface area contributed by atoms with Crippen molar-refractivity contribution in [3.63, 3.8) is 0 Å². The molecule has 1 atom stereocenters. The highest BCUT2D eigenvalue weighted by Crippen LogP contribution is 2.40. The lowest BCUT2D eigenvalue weighted by Crippen LogP contribution is -2.44. The van der Waals surface area contributed by atoms with Crippen LogP contribution < -0.4 is 4.90 Å². The minimum Gasteiger partial charge on any atom is -0.375 e. The largest absolute Gasteiger partial charge is 0.375 e. The number of allylic oxidation sites excluding steroid dienone is 5. The van der Waals surface area contributed by atoms with Crippen LogP contribution in [0.3, 0.4) is 0 Å². The number of rotatable bonds is 13. The summed E-state index contributed by atoms with van der Waals surface area (Å²) in [6.07, 6.45) is 18.2. The molecule has 2 aliphatic heterocycles. The maximum atomic E-state index is 13.7. The van der Waals surface area contributed by atoms with Crippen molar-refractivity contribution in [2.24, 2.45) is 16.7 Å². The molecule has 1 aromatic rings. The summed E-state index contributed by atoms with van der Waals surface area (Å²) in [5.41, 5.74) is 4.82. The summed E-state index contributed by atoms with van der Waals surface area (Å²) in [7, 11) is 4.31. The van der Waals surface area contributed by atoms with E-state index in [4.69, 9.17) is 0 Å². The lowest BCUT2D eigenvalue weighted by atomic mass is 9.73. The number of anilines is 1. The van der Waals surface area contributed by atoms with Crippen LogP contribution >= 0.6 is 0 Å². The molecule has 0 saturated carbocycles. The van der Waals surface area contributed by atoms with E-state index in [2.05, 4.69) is 146 Å². The third-order valence-corrected chi connectivity index (χ3v) is 11.4. The van der Waals surface area contributed by atoms with Crippen LogP contribution in [-0.2, 0) is 4.79 Å². The molecule has 0 bridgehead atoms. The van der Waals surface area contributed by atoms with E-state index >= 15 is 0 Å². The quantitative estimate of drug-likeness (QED) is 0.152. The Hall–Kier alpha value is -3.28. The highest BCUT2D eigenvalue weighted by molar-refractivity contribution is 6.09. The van der Waals surface area contributed by atoms with Crippen LogP contribution in [0.5, 0.6) is 0 Å². The number of likely N-dealkylation sites (N-methyl/N-ethyl adjacent to an activating group) is 1. The Labute approximate surface area is 305 Å². The first-order valence-electron chi connectivity index (χ1n) is 19.2. The highest BCUT2D eigenvalue weighted by Gasteiger charge is 2.38. The number of hydrogen-bond acceptors (Lipinski definition) is 6. The summed E-state index contributed by atoms with van der Waals surface area (Å²) in [6, 6.07) is 8.18. The molecule has 0 radical (unpaired) electrons. The van der Waals surface area contributed by atoms with E-state index in [1.54, 1.807) is 0 Å². The number of unbranched alkanes of at least 4 members (excludes halogenated alkanes) is 3. The molecule has 1 unspecified atom stereocenters. The van der Waals surface area contributed by atoms with Gasteiger partial charge in [0.1, 0.15) is 0 Å². The smallest absolute Gasteiger partial charge is 0.191 e. The normalized spacial score (nSPS) is 20.6. The van der Waals surface area contributed by atoms with Crippen molar-refractivity contribution in [1.29, 1.82) is 0 Å². The van der Waals surface area contributed by atoms with Gasteiger partial charge in [-0.1, -0.05) is 52.7 Å². The maximum absolute atomic E-state index is 13.7. The Morgan fingerprint density at radius 1 is 0.740 bits per heavy atom. The van der Waals surface area contributed by atoms with E-state index in [1.807, 2.05) is 12.1 Å². The van der Waals surface area contributed by atoms with Crippen molar-refractivity contribution >= 4 is 17.3 Å². The van der Waals surface area contributed by atoms with Gasteiger partial charge in [-0.05, 0) is 115 Å². The first kappa shape index (κ1) is 39.5. The second kappa shape index (κ2) is 15.5. The molecular formula is C44H68N4O2. The van der Waals surface area contributed by atoms with E-state index in [-0.39, 0.29) is 39.4 Å². The van der Waals surface area contributed by atoms with E-state index in [0.29, 0.717) is 0 Å². The van der Waals surface area contributed by atoms with Crippen molar-refractivity contribution < 1.29 is 9.59 Å². The van der Waals surface area contributed by atoms with Gasteiger partial charge in [-0.25, -0.2) is 0 Å². The lowest BCUT2D eigenvalue weighted by molar-refractivity contribution is -0.119. The molecule has 0 fully saturated rings. The van der Waals surface area contributed by atoms with Crippen molar-refractivity contribution in [1.82, 2.24) is 14.7 Å². The molecule has 6 nitrogen and oxygen atoms in total. The van der Waals surface area contributed by atoms with Crippen LogP contribution in [0.2, 0.25) is 0 Å². The predicted octanol–water partition coefficient (Wildman–Crippen LogP) is 9.66. The van der Waals surface area contributed by atoms with Crippen LogP contribution in [-0.4, -0.2) is 77.6 Å². The first-order valence-corrected chi connectivity index (χ1v) is 19.2. The summed E-state index contributed by atoms with van der Waals surface area (Å²) in [5.74, 6) is 0.346.